The highest BCUT2D eigenvalue weighted by molar-refractivity contribution is 6.02. The van der Waals surface area contributed by atoms with Crippen LogP contribution in [0.5, 0.6) is 11.5 Å². The molecular weight excluding hydrogens is 600 g/mol. The fourth-order valence-electron chi connectivity index (χ4n) is 6.89. The predicted octanol–water partition coefficient (Wildman–Crippen LogP) is 8.38. The Labute approximate surface area is 283 Å². The molecule has 7 nitrogen and oxygen atoms in total. The van der Waals surface area contributed by atoms with Crippen LogP contribution in [-0.2, 0) is 9.47 Å². The molecule has 0 atom stereocenters. The van der Waals surface area contributed by atoms with Crippen molar-refractivity contribution in [2.24, 2.45) is 4.99 Å². The molecule has 3 heterocycles. The zero-order valence-electron chi connectivity index (χ0n) is 29.4. The van der Waals surface area contributed by atoms with E-state index < -0.39 is 11.9 Å². The van der Waals surface area contributed by atoms with Crippen molar-refractivity contribution in [3.8, 4) is 11.5 Å². The van der Waals surface area contributed by atoms with Crippen molar-refractivity contribution in [3.05, 3.63) is 98.6 Å². The molecule has 0 aromatic heterocycles. The fraction of sp³-hybridized carbons (Fsp3) is 0.390. The first-order chi connectivity index (χ1) is 22.8. The van der Waals surface area contributed by atoms with E-state index in [1.165, 1.54) is 0 Å². The van der Waals surface area contributed by atoms with Crippen molar-refractivity contribution in [1.29, 1.82) is 0 Å². The Morgan fingerprint density at radius 1 is 0.771 bits per heavy atom. The molecule has 0 saturated heterocycles. The molecule has 1 N–H and O–H groups in total. The first-order valence-electron chi connectivity index (χ1n) is 17.1. The Bertz CT molecular complexity index is 2010. The molecule has 6 rings (SSSR count). The molecular formula is C41H46N2O5. The fourth-order valence-corrected chi connectivity index (χ4v) is 6.89. The SMILES string of the molecule is CCCCOC(=O)c1ccc(C(=O)OCCCC)c(C2=c3cc4c(cc3Oc3cc5c(cc32)C(C)=CC(C)(C)N5)=NC(C)(C)C=C4C)c1. The van der Waals surface area contributed by atoms with Crippen molar-refractivity contribution in [1.82, 2.24) is 0 Å². The number of benzene rings is 3. The number of nitrogens with zero attached hydrogens (tertiary/aromatic N) is 1. The highest BCUT2D eigenvalue weighted by Gasteiger charge is 2.31. The summed E-state index contributed by atoms with van der Waals surface area (Å²) < 4.78 is 18.1. The number of rotatable bonds is 9. The normalized spacial score (nSPS) is 16.4. The van der Waals surface area contributed by atoms with E-state index in [-0.39, 0.29) is 11.1 Å². The minimum Gasteiger partial charge on any atom is -0.462 e. The van der Waals surface area contributed by atoms with Gasteiger partial charge >= 0.3 is 11.9 Å². The molecule has 250 valence electrons. The van der Waals surface area contributed by atoms with Crippen LogP contribution in [-0.4, -0.2) is 36.2 Å². The van der Waals surface area contributed by atoms with Gasteiger partial charge in [0.15, 0.2) is 0 Å². The van der Waals surface area contributed by atoms with E-state index in [9.17, 15) is 9.59 Å². The number of fused-ring (bicyclic) bond motifs is 4. The van der Waals surface area contributed by atoms with Crippen LogP contribution < -0.4 is 20.6 Å². The van der Waals surface area contributed by atoms with E-state index in [2.05, 4.69) is 85.0 Å². The lowest BCUT2D eigenvalue weighted by molar-refractivity contribution is 0.0485. The number of nitrogens with one attached hydrogen (secondary N) is 1. The minimum absolute atomic E-state index is 0.236. The molecule has 0 radical (unpaired) electrons. The Kier molecular flexibility index (Phi) is 8.84. The van der Waals surface area contributed by atoms with Gasteiger partial charge in [-0.1, -0.05) is 38.8 Å². The summed E-state index contributed by atoms with van der Waals surface area (Å²) in [4.78, 5) is 32.1. The van der Waals surface area contributed by atoms with E-state index >= 15 is 0 Å². The van der Waals surface area contributed by atoms with Gasteiger partial charge in [0, 0.05) is 45.3 Å². The number of carbonyl (C=O) groups excluding carboxylic acids is 2. The first-order valence-corrected chi connectivity index (χ1v) is 17.1. The second-order valence-corrected chi connectivity index (χ2v) is 14.2. The Morgan fingerprint density at radius 2 is 1.46 bits per heavy atom. The lowest BCUT2D eigenvalue weighted by Gasteiger charge is -2.33. The number of ether oxygens (including phenoxy) is 3. The zero-order chi connectivity index (χ0) is 34.4. The molecule has 0 spiro atoms. The third-order valence-electron chi connectivity index (χ3n) is 9.05. The lowest BCUT2D eigenvalue weighted by Crippen LogP contribution is -2.32. The van der Waals surface area contributed by atoms with Crippen molar-refractivity contribution in [3.63, 3.8) is 0 Å². The van der Waals surface area contributed by atoms with Crippen LogP contribution in [0.2, 0.25) is 0 Å². The lowest BCUT2D eigenvalue weighted by atomic mass is 9.84. The molecule has 0 saturated carbocycles. The Balaban J connectivity index is 1.67. The number of hydrogen-bond acceptors (Lipinski definition) is 7. The topological polar surface area (TPSA) is 86.2 Å². The maximum absolute atomic E-state index is 13.8. The molecule has 0 bridgehead atoms. The van der Waals surface area contributed by atoms with Crippen LogP contribution >= 0.6 is 0 Å². The summed E-state index contributed by atoms with van der Waals surface area (Å²) in [5, 5.41) is 5.31. The van der Waals surface area contributed by atoms with Crippen molar-refractivity contribution in [2.75, 3.05) is 18.5 Å². The quantitative estimate of drug-likeness (QED) is 0.145. The van der Waals surface area contributed by atoms with Gasteiger partial charge in [-0.15, -0.1) is 0 Å². The van der Waals surface area contributed by atoms with Gasteiger partial charge < -0.3 is 19.5 Å². The average Bonchev–Trinajstić information content (AvgIpc) is 3.01. The number of allylic oxidation sites excluding steroid dienone is 2. The molecule has 7 heteroatoms. The highest BCUT2D eigenvalue weighted by Crippen LogP contribution is 2.44. The van der Waals surface area contributed by atoms with Crippen LogP contribution in [0.1, 0.15) is 124 Å². The summed E-state index contributed by atoms with van der Waals surface area (Å²) in [5.41, 5.74) is 7.63. The van der Waals surface area contributed by atoms with Crippen molar-refractivity contribution < 1.29 is 23.8 Å². The number of hydrogen-bond donors (Lipinski definition) is 1. The number of anilines is 1. The highest BCUT2D eigenvalue weighted by atomic mass is 16.5. The summed E-state index contributed by atoms with van der Waals surface area (Å²) in [6, 6.07) is 13.4. The molecule has 3 aromatic rings. The van der Waals surface area contributed by atoms with Gasteiger partial charge in [0.2, 0.25) is 0 Å². The van der Waals surface area contributed by atoms with Crippen LogP contribution in [0.3, 0.4) is 0 Å². The van der Waals surface area contributed by atoms with Crippen LogP contribution in [0.25, 0.3) is 16.7 Å². The Morgan fingerprint density at radius 3 is 2.17 bits per heavy atom. The molecule has 3 aliphatic heterocycles. The standard InChI is InChI=1S/C41H46N2O5/c1-9-11-15-46-38(44)26-13-14-27(39(45)47-16-12-10-2)30(17-26)37-31-18-28-24(3)22-40(5,6)42-33(28)20-35(31)48-36-21-34-29(19-32(36)37)25(4)23-41(7,8)43-34/h13-14,17-23,42H,9-12,15-16H2,1-8H3. The van der Waals surface area contributed by atoms with Gasteiger partial charge in [-0.3, -0.25) is 4.99 Å². The molecule has 48 heavy (non-hydrogen) atoms. The molecule has 3 aromatic carbocycles. The second-order valence-electron chi connectivity index (χ2n) is 14.2. The van der Waals surface area contributed by atoms with Crippen molar-refractivity contribution in [2.45, 2.75) is 92.2 Å². The van der Waals surface area contributed by atoms with E-state index in [1.54, 1.807) is 18.2 Å². The van der Waals surface area contributed by atoms with Gasteiger partial charge in [-0.25, -0.2) is 9.59 Å². The van der Waals surface area contributed by atoms with E-state index in [0.717, 1.165) is 75.4 Å². The molecule has 0 fully saturated rings. The molecule has 3 aliphatic rings. The zero-order valence-corrected chi connectivity index (χ0v) is 29.4. The van der Waals surface area contributed by atoms with Gasteiger partial charge in [-0.2, -0.15) is 0 Å². The van der Waals surface area contributed by atoms with Crippen molar-refractivity contribution >= 4 is 34.3 Å². The van der Waals surface area contributed by atoms with E-state index in [1.807, 2.05) is 12.1 Å². The summed E-state index contributed by atoms with van der Waals surface area (Å²) >= 11 is 0. The average molecular weight is 647 g/mol. The number of unbranched alkanes of at least 4 members (excludes halogenated alkanes) is 2. The molecule has 0 aliphatic carbocycles. The summed E-state index contributed by atoms with van der Waals surface area (Å²) in [7, 11) is 0. The monoisotopic (exact) mass is 646 g/mol. The summed E-state index contributed by atoms with van der Waals surface area (Å²) in [6.45, 7) is 17.4. The third kappa shape index (κ3) is 6.43. The maximum Gasteiger partial charge on any atom is 0.338 e. The molecule has 0 amide bonds. The van der Waals surface area contributed by atoms with Gasteiger partial charge in [0.25, 0.3) is 0 Å². The number of esters is 2. The first kappa shape index (κ1) is 33.3. The summed E-state index contributed by atoms with van der Waals surface area (Å²) in [6.07, 6.45) is 7.74. The van der Waals surface area contributed by atoms with Gasteiger partial charge in [0.1, 0.15) is 11.5 Å². The molecule has 0 unspecified atom stereocenters. The predicted molar refractivity (Wildman–Crippen MR) is 191 cm³/mol. The van der Waals surface area contributed by atoms with Gasteiger partial charge in [0.05, 0.1) is 40.8 Å². The summed E-state index contributed by atoms with van der Waals surface area (Å²) in [5.74, 6) is 0.422. The van der Waals surface area contributed by atoms with E-state index in [0.29, 0.717) is 41.4 Å². The van der Waals surface area contributed by atoms with Crippen LogP contribution in [0, 0.1) is 0 Å². The van der Waals surface area contributed by atoms with Gasteiger partial charge in [-0.05, 0) is 101 Å². The second kappa shape index (κ2) is 12.8. The largest absolute Gasteiger partial charge is 0.462 e. The number of carbonyl (C=O) groups is 2. The maximum atomic E-state index is 13.8. The minimum atomic E-state index is -0.435. The Hall–Kier alpha value is -4.65. The third-order valence-corrected chi connectivity index (χ3v) is 9.05. The van der Waals surface area contributed by atoms with Crippen LogP contribution in [0.15, 0.2) is 59.6 Å². The smallest absolute Gasteiger partial charge is 0.338 e. The van der Waals surface area contributed by atoms with Crippen LogP contribution in [0.4, 0.5) is 5.69 Å². The van der Waals surface area contributed by atoms with E-state index in [4.69, 9.17) is 19.2 Å².